The van der Waals surface area contributed by atoms with E-state index in [1.54, 1.807) is 36.4 Å². The SMILES string of the molecule is CCc1ccc(S(=O)(=O)c2nnn3c2nc(Nc2ccc(Cl)cc2)c2sccc23)cc1. The van der Waals surface area contributed by atoms with Crippen LogP contribution in [0.1, 0.15) is 12.5 Å². The van der Waals surface area contributed by atoms with E-state index >= 15 is 0 Å². The van der Waals surface area contributed by atoms with Crippen molar-refractivity contribution in [1.82, 2.24) is 19.8 Å². The second kappa shape index (κ2) is 7.60. The van der Waals surface area contributed by atoms with Crippen LogP contribution < -0.4 is 5.32 Å². The zero-order chi connectivity index (χ0) is 21.6. The molecule has 0 aliphatic rings. The Morgan fingerprint density at radius 1 is 1.06 bits per heavy atom. The van der Waals surface area contributed by atoms with Crippen LogP contribution >= 0.6 is 22.9 Å². The van der Waals surface area contributed by atoms with Crippen LogP contribution in [0, 0.1) is 0 Å². The van der Waals surface area contributed by atoms with E-state index in [-0.39, 0.29) is 15.6 Å². The molecule has 0 saturated heterocycles. The molecule has 0 saturated carbocycles. The lowest BCUT2D eigenvalue weighted by Gasteiger charge is -2.08. The van der Waals surface area contributed by atoms with Gasteiger partial charge in [-0.1, -0.05) is 35.9 Å². The third-order valence-corrected chi connectivity index (χ3v) is 7.75. The van der Waals surface area contributed by atoms with Gasteiger partial charge in [-0.05, 0) is 59.8 Å². The van der Waals surface area contributed by atoms with Crippen LogP contribution in [-0.2, 0) is 16.3 Å². The number of benzene rings is 2. The lowest BCUT2D eigenvalue weighted by Crippen LogP contribution is -2.05. The van der Waals surface area contributed by atoms with Crippen molar-refractivity contribution < 1.29 is 8.42 Å². The smallest absolute Gasteiger partial charge is 0.229 e. The number of hydrogen-bond donors (Lipinski definition) is 1. The van der Waals surface area contributed by atoms with Gasteiger partial charge in [-0.15, -0.1) is 16.4 Å². The van der Waals surface area contributed by atoms with Crippen molar-refractivity contribution in [3.8, 4) is 0 Å². The summed E-state index contributed by atoms with van der Waals surface area (Å²) >= 11 is 7.46. The maximum absolute atomic E-state index is 13.3. The topological polar surface area (TPSA) is 89.2 Å². The number of rotatable bonds is 5. The molecule has 0 aliphatic carbocycles. The molecule has 3 aromatic heterocycles. The molecular formula is C21H16ClN5O2S2. The third kappa shape index (κ3) is 3.44. The van der Waals surface area contributed by atoms with Gasteiger partial charge in [0.1, 0.15) is 0 Å². The zero-order valence-corrected chi connectivity index (χ0v) is 18.7. The first-order chi connectivity index (χ1) is 15.0. The van der Waals surface area contributed by atoms with E-state index in [0.29, 0.717) is 10.8 Å². The van der Waals surface area contributed by atoms with Crippen LogP contribution in [0.4, 0.5) is 11.5 Å². The Morgan fingerprint density at radius 3 is 2.52 bits per heavy atom. The molecule has 2 aromatic carbocycles. The molecule has 7 nitrogen and oxygen atoms in total. The number of aryl methyl sites for hydroxylation is 1. The lowest BCUT2D eigenvalue weighted by molar-refractivity contribution is 0.592. The molecule has 0 fully saturated rings. The Morgan fingerprint density at radius 2 is 1.81 bits per heavy atom. The van der Waals surface area contributed by atoms with Crippen molar-refractivity contribution in [3.63, 3.8) is 0 Å². The Balaban J connectivity index is 1.67. The normalized spacial score (nSPS) is 11.9. The van der Waals surface area contributed by atoms with Gasteiger partial charge in [-0.2, -0.15) is 4.52 Å². The average Bonchev–Trinajstić information content (AvgIpc) is 3.43. The van der Waals surface area contributed by atoms with Crippen LogP contribution in [0.3, 0.4) is 0 Å². The van der Waals surface area contributed by atoms with E-state index in [9.17, 15) is 8.42 Å². The van der Waals surface area contributed by atoms with Crippen molar-refractivity contribution >= 4 is 60.1 Å². The number of anilines is 2. The van der Waals surface area contributed by atoms with Crippen molar-refractivity contribution in [3.05, 3.63) is 70.6 Å². The minimum atomic E-state index is -3.89. The Labute approximate surface area is 187 Å². The molecule has 0 bridgehead atoms. The van der Waals surface area contributed by atoms with Gasteiger partial charge in [0.2, 0.25) is 14.9 Å². The molecule has 156 valence electrons. The molecule has 0 atom stereocenters. The maximum atomic E-state index is 13.3. The Hall–Kier alpha value is -3.01. The van der Waals surface area contributed by atoms with Crippen LogP contribution in [0.15, 0.2) is 69.9 Å². The summed E-state index contributed by atoms with van der Waals surface area (Å²) in [4.78, 5) is 4.76. The van der Waals surface area contributed by atoms with E-state index in [4.69, 9.17) is 11.6 Å². The summed E-state index contributed by atoms with van der Waals surface area (Å²) in [6.45, 7) is 2.02. The quantitative estimate of drug-likeness (QED) is 0.383. The number of nitrogens with one attached hydrogen (secondary N) is 1. The summed E-state index contributed by atoms with van der Waals surface area (Å²) in [7, 11) is -3.89. The predicted octanol–water partition coefficient (Wildman–Crippen LogP) is 5.13. The van der Waals surface area contributed by atoms with Gasteiger partial charge >= 0.3 is 0 Å². The van der Waals surface area contributed by atoms with Crippen LogP contribution in [0.25, 0.3) is 15.9 Å². The number of hydrogen-bond acceptors (Lipinski definition) is 7. The summed E-state index contributed by atoms with van der Waals surface area (Å²) in [5.74, 6) is 0.528. The minimum absolute atomic E-state index is 0.159. The van der Waals surface area contributed by atoms with Gasteiger partial charge in [-0.25, -0.2) is 13.4 Å². The molecule has 3 heterocycles. The number of fused-ring (bicyclic) bond motifs is 3. The van der Waals surface area contributed by atoms with Gasteiger partial charge in [0, 0.05) is 10.7 Å². The standard InChI is InChI=1S/C21H16ClN5O2S2/c1-2-13-3-9-16(10-4-13)31(28,29)21-20-24-19(23-15-7-5-14(22)6-8-15)18-17(11-12-30-18)27(20)26-25-21/h3-12H,2H2,1H3,(H,23,24). The van der Waals surface area contributed by atoms with Crippen molar-refractivity contribution in [2.75, 3.05) is 5.32 Å². The number of aromatic nitrogens is 4. The molecule has 0 spiro atoms. The van der Waals surface area contributed by atoms with E-state index in [1.807, 2.05) is 30.5 Å². The van der Waals surface area contributed by atoms with Crippen molar-refractivity contribution in [1.29, 1.82) is 0 Å². The highest BCUT2D eigenvalue weighted by atomic mass is 35.5. The highest BCUT2D eigenvalue weighted by Crippen LogP contribution is 2.32. The molecule has 0 radical (unpaired) electrons. The number of thiophene rings is 1. The molecular weight excluding hydrogens is 454 g/mol. The minimum Gasteiger partial charge on any atom is -0.339 e. The van der Waals surface area contributed by atoms with Gasteiger partial charge in [0.05, 0.1) is 15.1 Å². The second-order valence-corrected chi connectivity index (χ2v) is 10.1. The van der Waals surface area contributed by atoms with Gasteiger partial charge in [0.25, 0.3) is 0 Å². The molecule has 0 amide bonds. The fourth-order valence-electron chi connectivity index (χ4n) is 3.27. The van der Waals surface area contributed by atoms with E-state index in [2.05, 4.69) is 20.6 Å². The summed E-state index contributed by atoms with van der Waals surface area (Å²) < 4.78 is 28.9. The highest BCUT2D eigenvalue weighted by Gasteiger charge is 2.27. The molecule has 0 aliphatic heterocycles. The van der Waals surface area contributed by atoms with Crippen molar-refractivity contribution in [2.24, 2.45) is 0 Å². The van der Waals surface area contributed by atoms with Crippen molar-refractivity contribution in [2.45, 2.75) is 23.3 Å². The molecule has 5 aromatic rings. The summed E-state index contributed by atoms with van der Waals surface area (Å²) in [5, 5.41) is 13.7. The summed E-state index contributed by atoms with van der Waals surface area (Å²) in [5.41, 5.74) is 2.73. The first-order valence-electron chi connectivity index (χ1n) is 9.46. The third-order valence-electron chi connectivity index (χ3n) is 4.93. The molecule has 0 unspecified atom stereocenters. The zero-order valence-electron chi connectivity index (χ0n) is 16.3. The second-order valence-electron chi connectivity index (χ2n) is 6.86. The van der Waals surface area contributed by atoms with Crippen LogP contribution in [0.2, 0.25) is 5.02 Å². The fraction of sp³-hybridized carbons (Fsp3) is 0.0952. The molecule has 5 rings (SSSR count). The van der Waals surface area contributed by atoms with Gasteiger partial charge < -0.3 is 5.32 Å². The fourth-order valence-corrected chi connectivity index (χ4v) is 5.44. The molecule has 31 heavy (non-hydrogen) atoms. The first-order valence-corrected chi connectivity index (χ1v) is 12.2. The molecule has 1 N–H and O–H groups in total. The molecule has 10 heteroatoms. The average molecular weight is 470 g/mol. The van der Waals surface area contributed by atoms with Gasteiger partial charge in [0.15, 0.2) is 11.5 Å². The number of halogens is 1. The lowest BCUT2D eigenvalue weighted by atomic mass is 10.2. The summed E-state index contributed by atoms with van der Waals surface area (Å²) in [6, 6.07) is 15.8. The largest absolute Gasteiger partial charge is 0.339 e. The maximum Gasteiger partial charge on any atom is 0.229 e. The number of nitrogens with zero attached hydrogens (tertiary/aromatic N) is 4. The van der Waals surface area contributed by atoms with Gasteiger partial charge in [-0.3, -0.25) is 0 Å². The highest BCUT2D eigenvalue weighted by molar-refractivity contribution is 7.91. The van der Waals surface area contributed by atoms with E-state index in [1.165, 1.54) is 15.9 Å². The number of sulfone groups is 1. The Bertz CT molecular complexity index is 1510. The monoisotopic (exact) mass is 469 g/mol. The summed E-state index contributed by atoms with van der Waals surface area (Å²) in [6.07, 6.45) is 0.826. The predicted molar refractivity (Wildman–Crippen MR) is 122 cm³/mol. The first kappa shape index (κ1) is 19.9. The Kier molecular flexibility index (Phi) is 4.88. The van der Waals surface area contributed by atoms with E-state index < -0.39 is 9.84 Å². The van der Waals surface area contributed by atoms with E-state index in [0.717, 1.165) is 27.9 Å². The van der Waals surface area contributed by atoms with Crippen LogP contribution in [-0.4, -0.2) is 28.2 Å². The van der Waals surface area contributed by atoms with Crippen LogP contribution in [0.5, 0.6) is 0 Å².